The minimum absolute atomic E-state index is 0.0589. The fourth-order valence-corrected chi connectivity index (χ4v) is 4.41. The van der Waals surface area contributed by atoms with Crippen molar-refractivity contribution in [2.45, 2.75) is 39.2 Å². The van der Waals surface area contributed by atoms with E-state index >= 15 is 0 Å². The predicted molar refractivity (Wildman–Crippen MR) is 104 cm³/mol. The number of thioether (sulfide) groups is 1. The molecule has 0 radical (unpaired) electrons. The van der Waals surface area contributed by atoms with Crippen molar-refractivity contribution >= 4 is 23.6 Å². The highest BCUT2D eigenvalue weighted by Crippen LogP contribution is 2.42. The van der Waals surface area contributed by atoms with Gasteiger partial charge in [-0.25, -0.2) is 9.97 Å². The molecular formula is C19H28N4OS. The Balaban J connectivity index is 1.58. The van der Waals surface area contributed by atoms with Crippen molar-refractivity contribution in [1.82, 2.24) is 15.3 Å². The Bertz CT molecular complexity index is 628. The van der Waals surface area contributed by atoms with Gasteiger partial charge in [0.25, 0.3) is 0 Å². The van der Waals surface area contributed by atoms with Crippen LogP contribution in [0.1, 0.15) is 30.7 Å². The van der Waals surface area contributed by atoms with Crippen LogP contribution >= 0.6 is 11.8 Å². The summed E-state index contributed by atoms with van der Waals surface area (Å²) in [5.41, 5.74) is 1.82. The Hall–Kier alpha value is -1.56. The van der Waals surface area contributed by atoms with Crippen molar-refractivity contribution in [2.75, 3.05) is 23.9 Å². The van der Waals surface area contributed by atoms with Gasteiger partial charge in [0.1, 0.15) is 6.04 Å². The van der Waals surface area contributed by atoms with Gasteiger partial charge in [0.15, 0.2) is 0 Å². The van der Waals surface area contributed by atoms with Gasteiger partial charge in [0, 0.05) is 17.9 Å². The molecule has 1 aromatic heterocycles. The van der Waals surface area contributed by atoms with E-state index in [9.17, 15) is 4.79 Å². The molecule has 1 amide bonds. The molecule has 25 heavy (non-hydrogen) atoms. The highest BCUT2D eigenvalue weighted by molar-refractivity contribution is 7.98. The van der Waals surface area contributed by atoms with Gasteiger partial charge in [-0.3, -0.25) is 4.79 Å². The molecule has 4 unspecified atom stereocenters. The Morgan fingerprint density at radius 3 is 2.64 bits per heavy atom. The topological polar surface area (TPSA) is 66.9 Å². The number of anilines is 1. The van der Waals surface area contributed by atoms with Gasteiger partial charge in [0.05, 0.1) is 0 Å². The number of rotatable bonds is 8. The second-order valence-corrected chi connectivity index (χ2v) is 8.22. The highest BCUT2D eigenvalue weighted by atomic mass is 32.2. The second-order valence-electron chi connectivity index (χ2n) is 7.24. The summed E-state index contributed by atoms with van der Waals surface area (Å²) in [7, 11) is 0. The quantitative estimate of drug-likeness (QED) is 0.698. The maximum absolute atomic E-state index is 12.7. The van der Waals surface area contributed by atoms with Crippen LogP contribution in [0.2, 0.25) is 0 Å². The largest absolute Gasteiger partial charge is 0.354 e. The van der Waals surface area contributed by atoms with E-state index in [1.807, 2.05) is 19.9 Å². The highest BCUT2D eigenvalue weighted by Gasteiger charge is 2.35. The van der Waals surface area contributed by atoms with E-state index in [-0.39, 0.29) is 11.9 Å². The van der Waals surface area contributed by atoms with Crippen LogP contribution < -0.4 is 10.6 Å². The van der Waals surface area contributed by atoms with E-state index in [0.29, 0.717) is 17.8 Å². The number of carbonyl (C=O) groups is 1. The summed E-state index contributed by atoms with van der Waals surface area (Å²) in [5.74, 6) is 3.52. The number of carbonyl (C=O) groups excluding carboxylic acids is 1. The monoisotopic (exact) mass is 360 g/mol. The molecule has 1 aromatic rings. The molecule has 1 heterocycles. The Labute approximate surface area is 154 Å². The normalized spacial score (nSPS) is 25.2. The average Bonchev–Trinajstić information content (AvgIpc) is 3.18. The number of hydrogen-bond acceptors (Lipinski definition) is 5. The standard InChI is InChI=1S/C19H28N4OS/c1-12-8-13(2)22-19(21-12)23-17(6-7-25-3)18(24)20-11-16-10-14-4-5-15(16)9-14/h4-5,8,14-17H,6-7,9-11H2,1-3H3,(H,20,24)(H,21,22,23). The number of nitrogens with one attached hydrogen (secondary N) is 2. The predicted octanol–water partition coefficient (Wildman–Crippen LogP) is 2.96. The van der Waals surface area contributed by atoms with Crippen LogP contribution in [0.5, 0.6) is 0 Å². The van der Waals surface area contributed by atoms with Crippen molar-refractivity contribution in [3.05, 3.63) is 29.6 Å². The maximum Gasteiger partial charge on any atom is 0.242 e. The third-order valence-corrected chi connectivity index (χ3v) is 5.81. The summed E-state index contributed by atoms with van der Waals surface area (Å²) < 4.78 is 0. The minimum Gasteiger partial charge on any atom is -0.354 e. The van der Waals surface area contributed by atoms with Crippen LogP contribution in [0.15, 0.2) is 18.2 Å². The first-order valence-corrected chi connectivity index (χ1v) is 10.5. The molecule has 2 bridgehead atoms. The number of aromatic nitrogens is 2. The van der Waals surface area contributed by atoms with Gasteiger partial charge in [-0.1, -0.05) is 12.2 Å². The Morgan fingerprint density at radius 2 is 2.04 bits per heavy atom. The molecule has 1 saturated carbocycles. The van der Waals surface area contributed by atoms with Crippen LogP contribution in [0.3, 0.4) is 0 Å². The van der Waals surface area contributed by atoms with Gasteiger partial charge in [-0.2, -0.15) is 11.8 Å². The van der Waals surface area contributed by atoms with Crippen molar-refractivity contribution in [1.29, 1.82) is 0 Å². The number of allylic oxidation sites excluding steroid dienone is 2. The van der Waals surface area contributed by atoms with Crippen LogP contribution in [-0.4, -0.2) is 40.5 Å². The molecule has 4 atom stereocenters. The average molecular weight is 361 g/mol. The SMILES string of the molecule is CSCCC(Nc1nc(C)cc(C)n1)C(=O)NCC1CC2C=CC1C2. The molecule has 2 aliphatic rings. The van der Waals surface area contributed by atoms with Gasteiger partial charge < -0.3 is 10.6 Å². The lowest BCUT2D eigenvalue weighted by Crippen LogP contribution is -2.42. The van der Waals surface area contributed by atoms with Crippen molar-refractivity contribution in [3.8, 4) is 0 Å². The summed E-state index contributed by atoms with van der Waals surface area (Å²) in [6.45, 7) is 4.66. The second kappa shape index (κ2) is 8.21. The fraction of sp³-hybridized carbons (Fsp3) is 0.632. The third kappa shape index (κ3) is 4.75. The molecule has 5 nitrogen and oxygen atoms in total. The summed E-state index contributed by atoms with van der Waals surface area (Å²) in [5, 5.41) is 6.41. The van der Waals surface area contributed by atoms with Gasteiger partial charge in [0.2, 0.25) is 11.9 Å². The first-order chi connectivity index (χ1) is 12.0. The third-order valence-electron chi connectivity index (χ3n) is 5.17. The molecule has 3 rings (SSSR count). The first-order valence-electron chi connectivity index (χ1n) is 9.09. The Morgan fingerprint density at radius 1 is 1.28 bits per heavy atom. The molecule has 2 aliphatic carbocycles. The summed E-state index contributed by atoms with van der Waals surface area (Å²) in [4.78, 5) is 21.6. The molecule has 0 aliphatic heterocycles. The van der Waals surface area contributed by atoms with Crippen LogP contribution in [0.4, 0.5) is 5.95 Å². The van der Waals surface area contributed by atoms with Gasteiger partial charge in [-0.15, -0.1) is 0 Å². The van der Waals surface area contributed by atoms with Crippen LogP contribution in [-0.2, 0) is 4.79 Å². The first kappa shape index (κ1) is 18.2. The van der Waals surface area contributed by atoms with Gasteiger partial charge in [-0.05, 0) is 68.9 Å². The van der Waals surface area contributed by atoms with E-state index in [2.05, 4.69) is 39.0 Å². The summed E-state index contributed by atoms with van der Waals surface area (Å²) >= 11 is 1.75. The summed E-state index contributed by atoms with van der Waals surface area (Å²) in [6.07, 6.45) is 9.97. The zero-order chi connectivity index (χ0) is 17.8. The number of aryl methyl sites for hydroxylation is 2. The minimum atomic E-state index is -0.289. The molecule has 6 heteroatoms. The smallest absolute Gasteiger partial charge is 0.242 e. The fourth-order valence-electron chi connectivity index (χ4n) is 3.94. The summed E-state index contributed by atoms with van der Waals surface area (Å²) in [6, 6.07) is 1.65. The zero-order valence-electron chi connectivity index (χ0n) is 15.3. The zero-order valence-corrected chi connectivity index (χ0v) is 16.1. The van der Waals surface area contributed by atoms with Crippen LogP contribution in [0, 0.1) is 31.6 Å². The number of hydrogen-bond donors (Lipinski definition) is 2. The molecule has 2 N–H and O–H groups in total. The number of amides is 1. The van der Waals surface area contributed by atoms with E-state index in [1.165, 1.54) is 12.8 Å². The van der Waals surface area contributed by atoms with Crippen molar-refractivity contribution in [2.24, 2.45) is 17.8 Å². The van der Waals surface area contributed by atoms with Crippen molar-refractivity contribution < 1.29 is 4.79 Å². The maximum atomic E-state index is 12.7. The molecule has 0 saturated heterocycles. The lowest BCUT2D eigenvalue weighted by atomic mass is 9.93. The molecule has 136 valence electrons. The number of fused-ring (bicyclic) bond motifs is 2. The van der Waals surface area contributed by atoms with Crippen molar-refractivity contribution in [3.63, 3.8) is 0 Å². The van der Waals surface area contributed by atoms with E-state index in [1.54, 1.807) is 11.8 Å². The molecule has 0 aromatic carbocycles. The lowest BCUT2D eigenvalue weighted by molar-refractivity contribution is -0.122. The molecule has 1 fully saturated rings. The van der Waals surface area contributed by atoms with E-state index < -0.39 is 0 Å². The van der Waals surface area contributed by atoms with Crippen LogP contribution in [0.25, 0.3) is 0 Å². The van der Waals surface area contributed by atoms with Gasteiger partial charge >= 0.3 is 0 Å². The Kier molecular flexibility index (Phi) is 5.99. The number of nitrogens with zero attached hydrogens (tertiary/aromatic N) is 2. The van der Waals surface area contributed by atoms with E-state index in [4.69, 9.17) is 0 Å². The molecule has 0 spiro atoms. The van der Waals surface area contributed by atoms with E-state index in [0.717, 1.165) is 36.0 Å². The molecular weight excluding hydrogens is 332 g/mol. The lowest BCUT2D eigenvalue weighted by Gasteiger charge is -2.22.